The van der Waals surface area contributed by atoms with Gasteiger partial charge in [-0.1, -0.05) is 18.6 Å². The van der Waals surface area contributed by atoms with Crippen LogP contribution < -0.4 is 0 Å². The number of hydrogen-bond donors (Lipinski definition) is 0. The van der Waals surface area contributed by atoms with E-state index in [0.29, 0.717) is 0 Å². The van der Waals surface area contributed by atoms with Gasteiger partial charge < -0.3 is 9.47 Å². The standard InChI is InChI=1S/C16H20N2O/c19-13-14-4-5-15-6-9-18(16(15)12-14)11-10-17-7-2-1-3-8-17/h4-6,9,12-13H,1-3,7-8,10-11H2. The summed E-state index contributed by atoms with van der Waals surface area (Å²) in [6.45, 7) is 4.58. The van der Waals surface area contributed by atoms with Crippen molar-refractivity contribution >= 4 is 17.2 Å². The molecule has 0 atom stereocenters. The van der Waals surface area contributed by atoms with Crippen LogP contribution in [-0.2, 0) is 6.54 Å². The number of carbonyl (C=O) groups is 1. The van der Waals surface area contributed by atoms with Gasteiger partial charge in [-0.25, -0.2) is 0 Å². The van der Waals surface area contributed by atoms with E-state index in [1.807, 2.05) is 18.2 Å². The molecular weight excluding hydrogens is 236 g/mol. The van der Waals surface area contributed by atoms with Crippen molar-refractivity contribution < 1.29 is 4.79 Å². The maximum atomic E-state index is 10.9. The summed E-state index contributed by atoms with van der Waals surface area (Å²) in [5, 5.41) is 1.21. The Bertz CT molecular complexity index is 567. The van der Waals surface area contributed by atoms with Crippen molar-refractivity contribution in [1.29, 1.82) is 0 Å². The van der Waals surface area contributed by atoms with Crippen LogP contribution in [0.25, 0.3) is 10.9 Å². The van der Waals surface area contributed by atoms with Crippen LogP contribution in [-0.4, -0.2) is 35.4 Å². The monoisotopic (exact) mass is 256 g/mol. The van der Waals surface area contributed by atoms with Gasteiger partial charge in [-0.15, -0.1) is 0 Å². The zero-order valence-corrected chi connectivity index (χ0v) is 11.2. The average molecular weight is 256 g/mol. The summed E-state index contributed by atoms with van der Waals surface area (Å²) in [5.74, 6) is 0. The van der Waals surface area contributed by atoms with Gasteiger partial charge in [-0.3, -0.25) is 4.79 Å². The number of carbonyl (C=O) groups excluding carboxylic acids is 1. The second-order valence-electron chi connectivity index (χ2n) is 5.35. The van der Waals surface area contributed by atoms with Gasteiger partial charge in [-0.2, -0.15) is 0 Å². The van der Waals surface area contributed by atoms with Crippen LogP contribution in [0.2, 0.25) is 0 Å². The normalized spacial score (nSPS) is 16.8. The van der Waals surface area contributed by atoms with Gasteiger partial charge in [0, 0.05) is 30.4 Å². The lowest BCUT2D eigenvalue weighted by atomic mass is 10.1. The summed E-state index contributed by atoms with van der Waals surface area (Å²) in [6.07, 6.45) is 7.10. The first-order chi connectivity index (χ1) is 9.36. The molecule has 1 aromatic carbocycles. The Labute approximate surface area is 113 Å². The SMILES string of the molecule is O=Cc1ccc2ccn(CCN3CCCCC3)c2c1. The summed E-state index contributed by atoms with van der Waals surface area (Å²) in [6, 6.07) is 8.01. The van der Waals surface area contributed by atoms with E-state index in [1.165, 1.54) is 43.3 Å². The minimum Gasteiger partial charge on any atom is -0.346 e. The fourth-order valence-electron chi connectivity index (χ4n) is 2.90. The molecule has 1 saturated heterocycles. The summed E-state index contributed by atoms with van der Waals surface area (Å²) < 4.78 is 2.26. The van der Waals surface area contributed by atoms with Crippen molar-refractivity contribution in [2.45, 2.75) is 25.8 Å². The van der Waals surface area contributed by atoms with Gasteiger partial charge in [-0.05, 0) is 43.5 Å². The molecule has 0 aliphatic carbocycles. The first-order valence-corrected chi connectivity index (χ1v) is 7.13. The van der Waals surface area contributed by atoms with Crippen molar-refractivity contribution in [2.75, 3.05) is 19.6 Å². The molecule has 3 heteroatoms. The van der Waals surface area contributed by atoms with Gasteiger partial charge in [0.25, 0.3) is 0 Å². The van der Waals surface area contributed by atoms with Crippen LogP contribution in [0.4, 0.5) is 0 Å². The minimum atomic E-state index is 0.755. The van der Waals surface area contributed by atoms with Crippen molar-refractivity contribution in [2.24, 2.45) is 0 Å². The number of benzene rings is 1. The molecule has 0 unspecified atom stereocenters. The Kier molecular flexibility index (Phi) is 3.65. The minimum absolute atomic E-state index is 0.755. The van der Waals surface area contributed by atoms with E-state index >= 15 is 0 Å². The lowest BCUT2D eigenvalue weighted by molar-refractivity contribution is 0.112. The van der Waals surface area contributed by atoms with Crippen LogP contribution in [0.15, 0.2) is 30.5 Å². The Morgan fingerprint density at radius 1 is 1.05 bits per heavy atom. The zero-order valence-electron chi connectivity index (χ0n) is 11.2. The number of aromatic nitrogens is 1. The molecular formula is C16H20N2O. The molecule has 0 saturated carbocycles. The third-order valence-corrected chi connectivity index (χ3v) is 4.04. The number of hydrogen-bond acceptors (Lipinski definition) is 2. The van der Waals surface area contributed by atoms with E-state index in [2.05, 4.69) is 21.7 Å². The first kappa shape index (κ1) is 12.4. The Hall–Kier alpha value is -1.61. The molecule has 3 nitrogen and oxygen atoms in total. The van der Waals surface area contributed by atoms with E-state index in [1.54, 1.807) is 0 Å². The summed E-state index contributed by atoms with van der Waals surface area (Å²) in [7, 11) is 0. The van der Waals surface area contributed by atoms with Crippen molar-refractivity contribution in [3.8, 4) is 0 Å². The maximum Gasteiger partial charge on any atom is 0.150 e. The number of nitrogens with zero attached hydrogens (tertiary/aromatic N) is 2. The maximum absolute atomic E-state index is 10.9. The smallest absolute Gasteiger partial charge is 0.150 e. The van der Waals surface area contributed by atoms with Gasteiger partial charge in [0.2, 0.25) is 0 Å². The highest BCUT2D eigenvalue weighted by Crippen LogP contribution is 2.17. The molecule has 2 aromatic rings. The Morgan fingerprint density at radius 3 is 2.68 bits per heavy atom. The topological polar surface area (TPSA) is 25.2 Å². The fraction of sp³-hybridized carbons (Fsp3) is 0.438. The number of likely N-dealkylation sites (tertiary alicyclic amines) is 1. The van der Waals surface area contributed by atoms with E-state index in [-0.39, 0.29) is 0 Å². The second-order valence-corrected chi connectivity index (χ2v) is 5.35. The largest absolute Gasteiger partial charge is 0.346 e. The molecule has 0 amide bonds. The third kappa shape index (κ3) is 2.71. The highest BCUT2D eigenvalue weighted by molar-refractivity contribution is 5.87. The van der Waals surface area contributed by atoms with Gasteiger partial charge in [0.05, 0.1) is 0 Å². The van der Waals surface area contributed by atoms with Crippen LogP contribution in [0.1, 0.15) is 29.6 Å². The predicted molar refractivity (Wildman–Crippen MR) is 77.6 cm³/mol. The highest BCUT2D eigenvalue weighted by Gasteiger charge is 2.10. The number of piperidine rings is 1. The van der Waals surface area contributed by atoms with Gasteiger partial charge >= 0.3 is 0 Å². The van der Waals surface area contributed by atoms with Crippen LogP contribution in [0, 0.1) is 0 Å². The van der Waals surface area contributed by atoms with E-state index in [0.717, 1.165) is 24.9 Å². The van der Waals surface area contributed by atoms with Crippen LogP contribution in [0.5, 0.6) is 0 Å². The van der Waals surface area contributed by atoms with Crippen molar-refractivity contribution in [3.05, 3.63) is 36.0 Å². The molecule has 0 bridgehead atoms. The molecule has 0 spiro atoms. The molecule has 1 aromatic heterocycles. The first-order valence-electron chi connectivity index (χ1n) is 7.13. The van der Waals surface area contributed by atoms with Crippen molar-refractivity contribution in [1.82, 2.24) is 9.47 Å². The molecule has 1 aliphatic rings. The van der Waals surface area contributed by atoms with Crippen LogP contribution in [0.3, 0.4) is 0 Å². The lowest BCUT2D eigenvalue weighted by Gasteiger charge is -2.26. The predicted octanol–water partition coefficient (Wildman–Crippen LogP) is 2.94. The summed E-state index contributed by atoms with van der Waals surface area (Å²) in [4.78, 5) is 13.4. The zero-order chi connectivity index (χ0) is 13.1. The van der Waals surface area contributed by atoms with Gasteiger partial charge in [0.15, 0.2) is 0 Å². The average Bonchev–Trinajstić information content (AvgIpc) is 2.88. The molecule has 2 heterocycles. The molecule has 3 rings (SSSR count). The summed E-state index contributed by atoms with van der Waals surface area (Å²) >= 11 is 0. The Morgan fingerprint density at radius 2 is 1.89 bits per heavy atom. The summed E-state index contributed by atoms with van der Waals surface area (Å²) in [5.41, 5.74) is 1.92. The molecule has 100 valence electrons. The third-order valence-electron chi connectivity index (χ3n) is 4.04. The molecule has 19 heavy (non-hydrogen) atoms. The molecule has 1 aliphatic heterocycles. The van der Waals surface area contributed by atoms with Crippen LogP contribution >= 0.6 is 0 Å². The quantitative estimate of drug-likeness (QED) is 0.786. The number of fused-ring (bicyclic) bond motifs is 1. The Balaban J connectivity index is 1.74. The van der Waals surface area contributed by atoms with E-state index < -0.39 is 0 Å². The second kappa shape index (κ2) is 5.57. The number of aldehydes is 1. The van der Waals surface area contributed by atoms with E-state index in [9.17, 15) is 4.79 Å². The number of rotatable bonds is 4. The fourth-order valence-corrected chi connectivity index (χ4v) is 2.90. The van der Waals surface area contributed by atoms with E-state index in [4.69, 9.17) is 0 Å². The molecule has 1 fully saturated rings. The van der Waals surface area contributed by atoms with Gasteiger partial charge in [0.1, 0.15) is 6.29 Å². The van der Waals surface area contributed by atoms with Crippen molar-refractivity contribution in [3.63, 3.8) is 0 Å². The molecule has 0 N–H and O–H groups in total. The lowest BCUT2D eigenvalue weighted by Crippen LogP contribution is -2.32. The molecule has 0 radical (unpaired) electrons. The highest BCUT2D eigenvalue weighted by atomic mass is 16.1.